The van der Waals surface area contributed by atoms with E-state index in [0.717, 1.165) is 35.1 Å². The number of hydrogen-bond acceptors (Lipinski definition) is 5. The van der Waals surface area contributed by atoms with Crippen LogP contribution < -0.4 is 5.32 Å². The van der Waals surface area contributed by atoms with E-state index in [0.29, 0.717) is 0 Å². The first kappa shape index (κ1) is 22.8. The van der Waals surface area contributed by atoms with Crippen molar-refractivity contribution in [3.8, 4) is 11.1 Å². The highest BCUT2D eigenvalue weighted by Crippen LogP contribution is 2.44. The van der Waals surface area contributed by atoms with E-state index in [1.165, 1.54) is 18.9 Å². The van der Waals surface area contributed by atoms with Crippen molar-refractivity contribution in [1.82, 2.24) is 10.2 Å². The lowest BCUT2D eigenvalue weighted by atomic mass is 9.98. The van der Waals surface area contributed by atoms with Gasteiger partial charge in [-0.1, -0.05) is 48.5 Å². The minimum Gasteiger partial charge on any atom is -0.480 e. The van der Waals surface area contributed by atoms with E-state index in [-0.39, 0.29) is 25.2 Å². The van der Waals surface area contributed by atoms with Gasteiger partial charge in [0.1, 0.15) is 18.7 Å². The van der Waals surface area contributed by atoms with Crippen LogP contribution in [0.2, 0.25) is 0 Å². The molecule has 1 fully saturated rings. The molecule has 33 heavy (non-hydrogen) atoms. The molecular formula is C25H28N2O6. The molecule has 174 valence electrons. The minimum atomic E-state index is -1.09. The monoisotopic (exact) mass is 452 g/mol. The summed E-state index contributed by atoms with van der Waals surface area (Å²) in [6, 6.07) is 13.9. The molecule has 2 atom stereocenters. The van der Waals surface area contributed by atoms with Crippen LogP contribution in [-0.4, -0.2) is 66.4 Å². The molecule has 1 saturated carbocycles. The Labute approximate surface area is 192 Å². The van der Waals surface area contributed by atoms with Gasteiger partial charge in [0.05, 0.1) is 6.61 Å². The third-order valence-electron chi connectivity index (χ3n) is 6.24. The van der Waals surface area contributed by atoms with Crippen LogP contribution in [0.3, 0.4) is 0 Å². The first-order valence-corrected chi connectivity index (χ1v) is 11.1. The fraction of sp³-hybridized carbons (Fsp3) is 0.400. The lowest BCUT2D eigenvalue weighted by molar-refractivity contribution is -0.151. The van der Waals surface area contributed by atoms with Crippen LogP contribution in [0.25, 0.3) is 11.1 Å². The van der Waals surface area contributed by atoms with E-state index in [1.54, 1.807) is 0 Å². The summed E-state index contributed by atoms with van der Waals surface area (Å²) >= 11 is 0. The Balaban J connectivity index is 1.44. The number of methoxy groups -OCH3 is 1. The number of carbonyl (C=O) groups is 3. The topological polar surface area (TPSA) is 105 Å². The Morgan fingerprint density at radius 2 is 1.64 bits per heavy atom. The second-order valence-corrected chi connectivity index (χ2v) is 8.47. The van der Waals surface area contributed by atoms with Gasteiger partial charge >= 0.3 is 12.1 Å². The van der Waals surface area contributed by atoms with E-state index in [1.807, 2.05) is 36.4 Å². The van der Waals surface area contributed by atoms with Crippen LogP contribution in [0.5, 0.6) is 0 Å². The van der Waals surface area contributed by atoms with Gasteiger partial charge < -0.3 is 24.8 Å². The van der Waals surface area contributed by atoms with Crippen LogP contribution >= 0.6 is 0 Å². The number of ether oxygens (including phenoxy) is 2. The maximum atomic E-state index is 13.1. The second kappa shape index (κ2) is 9.62. The van der Waals surface area contributed by atoms with Gasteiger partial charge in [0.2, 0.25) is 5.91 Å². The molecule has 2 aliphatic carbocycles. The van der Waals surface area contributed by atoms with Gasteiger partial charge in [-0.25, -0.2) is 9.59 Å². The Morgan fingerprint density at radius 1 is 1.06 bits per heavy atom. The lowest BCUT2D eigenvalue weighted by Gasteiger charge is -2.30. The van der Waals surface area contributed by atoms with E-state index in [9.17, 15) is 19.5 Å². The third-order valence-corrected chi connectivity index (χ3v) is 6.24. The summed E-state index contributed by atoms with van der Waals surface area (Å²) in [6.07, 6.45) is 0.744. The third kappa shape index (κ3) is 4.71. The van der Waals surface area contributed by atoms with Crippen molar-refractivity contribution >= 4 is 18.0 Å². The van der Waals surface area contributed by atoms with Crippen LogP contribution in [0, 0.1) is 0 Å². The van der Waals surface area contributed by atoms with Crippen molar-refractivity contribution < 1.29 is 29.0 Å². The maximum absolute atomic E-state index is 13.1. The zero-order valence-corrected chi connectivity index (χ0v) is 18.7. The highest BCUT2D eigenvalue weighted by Gasteiger charge is 2.41. The van der Waals surface area contributed by atoms with Gasteiger partial charge in [-0.3, -0.25) is 4.79 Å². The van der Waals surface area contributed by atoms with Crippen LogP contribution in [-0.2, 0) is 19.1 Å². The number of carboxylic acid groups (broad SMARTS) is 1. The molecule has 2 N–H and O–H groups in total. The van der Waals surface area contributed by atoms with Crippen LogP contribution in [0.4, 0.5) is 4.79 Å². The number of nitrogens with one attached hydrogen (secondary N) is 1. The zero-order chi connectivity index (χ0) is 23.5. The standard InChI is InChI=1S/C25H28N2O6/c1-15(24(29)30)27(16-11-12-16)23(28)22(14-32-2)26-25(31)33-13-21-19-9-5-3-7-17(19)18-8-4-6-10-20(18)21/h3-10,15-16,21-22H,11-14H2,1-2H3,(H,26,31)(H,29,30). The molecule has 2 amide bonds. The van der Waals surface area contributed by atoms with Crippen molar-refractivity contribution in [2.45, 2.75) is 43.8 Å². The van der Waals surface area contributed by atoms with Gasteiger partial charge in [0, 0.05) is 19.1 Å². The predicted molar refractivity (Wildman–Crippen MR) is 121 cm³/mol. The summed E-state index contributed by atoms with van der Waals surface area (Å²) in [4.78, 5) is 38.6. The van der Waals surface area contributed by atoms with Gasteiger partial charge in [-0.2, -0.15) is 0 Å². The largest absolute Gasteiger partial charge is 0.480 e. The lowest BCUT2D eigenvalue weighted by Crippen LogP contribution is -2.55. The zero-order valence-electron chi connectivity index (χ0n) is 18.7. The number of rotatable bonds is 9. The average molecular weight is 453 g/mol. The van der Waals surface area contributed by atoms with Crippen molar-refractivity contribution in [3.63, 3.8) is 0 Å². The molecule has 0 spiro atoms. The normalized spacial score (nSPS) is 16.3. The number of hydrogen-bond donors (Lipinski definition) is 2. The molecule has 0 radical (unpaired) electrons. The minimum absolute atomic E-state index is 0.0847. The van der Waals surface area contributed by atoms with Crippen molar-refractivity contribution in [3.05, 3.63) is 59.7 Å². The number of alkyl carbamates (subject to hydrolysis) is 1. The molecular weight excluding hydrogens is 424 g/mol. The summed E-state index contributed by atoms with van der Waals surface area (Å²) in [6.45, 7) is 1.50. The number of fused-ring (bicyclic) bond motifs is 3. The molecule has 0 saturated heterocycles. The van der Waals surface area contributed by atoms with Crippen molar-refractivity contribution in [1.29, 1.82) is 0 Å². The summed E-state index contributed by atoms with van der Waals surface area (Å²) in [5, 5.41) is 12.0. The highest BCUT2D eigenvalue weighted by atomic mass is 16.5. The van der Waals surface area contributed by atoms with Gasteiger partial charge in [-0.05, 0) is 42.0 Å². The van der Waals surface area contributed by atoms with Crippen molar-refractivity contribution in [2.24, 2.45) is 0 Å². The van der Waals surface area contributed by atoms with Gasteiger partial charge in [-0.15, -0.1) is 0 Å². The summed E-state index contributed by atoms with van der Waals surface area (Å²) in [7, 11) is 1.42. The van der Waals surface area contributed by atoms with E-state index in [4.69, 9.17) is 9.47 Å². The Kier molecular flexibility index (Phi) is 6.65. The Hall–Kier alpha value is -3.39. The Morgan fingerprint density at radius 3 is 2.15 bits per heavy atom. The molecule has 0 aliphatic heterocycles. The van der Waals surface area contributed by atoms with Crippen LogP contribution in [0.15, 0.2) is 48.5 Å². The Bertz CT molecular complexity index is 1010. The van der Waals surface area contributed by atoms with E-state index in [2.05, 4.69) is 17.4 Å². The summed E-state index contributed by atoms with van der Waals surface area (Å²) in [5.41, 5.74) is 4.42. The quantitative estimate of drug-likeness (QED) is 0.606. The highest BCUT2D eigenvalue weighted by molar-refractivity contribution is 5.90. The second-order valence-electron chi connectivity index (χ2n) is 8.47. The molecule has 8 nitrogen and oxygen atoms in total. The first-order chi connectivity index (χ1) is 15.9. The fourth-order valence-electron chi connectivity index (χ4n) is 4.46. The molecule has 2 aromatic rings. The fourth-order valence-corrected chi connectivity index (χ4v) is 4.46. The molecule has 2 aromatic carbocycles. The molecule has 2 unspecified atom stereocenters. The number of benzene rings is 2. The SMILES string of the molecule is COCC(NC(=O)OCC1c2ccccc2-c2ccccc21)C(=O)N(C1CC1)C(C)C(=O)O. The number of amides is 2. The van der Waals surface area contributed by atoms with E-state index < -0.39 is 30.1 Å². The van der Waals surface area contributed by atoms with Crippen molar-refractivity contribution in [2.75, 3.05) is 20.3 Å². The molecule has 0 aromatic heterocycles. The van der Waals surface area contributed by atoms with Gasteiger partial charge in [0.15, 0.2) is 0 Å². The predicted octanol–water partition coefficient (Wildman–Crippen LogP) is 3.00. The molecule has 4 rings (SSSR count). The number of nitrogens with zero attached hydrogens (tertiary/aromatic N) is 1. The molecule has 2 aliphatic rings. The van der Waals surface area contributed by atoms with Gasteiger partial charge in [0.25, 0.3) is 0 Å². The molecule has 0 heterocycles. The number of aliphatic carboxylic acids is 1. The summed E-state index contributed by atoms with van der Waals surface area (Å²) in [5.74, 6) is -1.68. The molecule has 0 bridgehead atoms. The van der Waals surface area contributed by atoms with Crippen LogP contribution in [0.1, 0.15) is 36.8 Å². The van der Waals surface area contributed by atoms with E-state index >= 15 is 0 Å². The average Bonchev–Trinajstić information content (AvgIpc) is 3.59. The maximum Gasteiger partial charge on any atom is 0.407 e. The molecule has 8 heteroatoms. The first-order valence-electron chi connectivity index (χ1n) is 11.1. The summed E-state index contributed by atoms with van der Waals surface area (Å²) < 4.78 is 10.7. The number of carbonyl (C=O) groups excluding carboxylic acids is 2. The smallest absolute Gasteiger partial charge is 0.407 e. The number of carboxylic acids is 1.